The first-order valence-electron chi connectivity index (χ1n) is 5.32. The number of ketones is 1. The fraction of sp³-hybridized carbons (Fsp3) is 0.143. The number of aryl methyl sites for hydroxylation is 1. The SMILES string of the molecule is CC(=O)/C=C/c1cc2cccc(C)c2nc1Cl. The first-order valence-corrected chi connectivity index (χ1v) is 5.70. The van der Waals surface area contributed by atoms with Crippen LogP contribution in [0.2, 0.25) is 5.15 Å². The zero-order chi connectivity index (χ0) is 12.4. The molecule has 0 aliphatic carbocycles. The number of carbonyl (C=O) groups excluding carboxylic acids is 1. The molecule has 2 nitrogen and oxygen atoms in total. The Morgan fingerprint density at radius 3 is 2.88 bits per heavy atom. The molecular weight excluding hydrogens is 234 g/mol. The standard InChI is InChI=1S/C14H12ClNO/c1-9-4-3-5-11-8-12(7-6-10(2)17)14(15)16-13(9)11/h3-8H,1-2H3/b7-6+. The summed E-state index contributed by atoms with van der Waals surface area (Å²) in [6.45, 7) is 3.50. The van der Waals surface area contributed by atoms with Crippen LogP contribution in [0.4, 0.5) is 0 Å². The zero-order valence-electron chi connectivity index (χ0n) is 9.70. The molecule has 0 aliphatic rings. The lowest BCUT2D eigenvalue weighted by atomic mass is 10.1. The van der Waals surface area contributed by atoms with E-state index in [1.54, 1.807) is 6.08 Å². The van der Waals surface area contributed by atoms with E-state index in [0.29, 0.717) is 5.15 Å². The van der Waals surface area contributed by atoms with Gasteiger partial charge in [0.05, 0.1) is 5.52 Å². The van der Waals surface area contributed by atoms with E-state index in [0.717, 1.165) is 22.0 Å². The second-order valence-electron chi connectivity index (χ2n) is 3.96. The van der Waals surface area contributed by atoms with Gasteiger partial charge < -0.3 is 0 Å². The number of nitrogens with zero attached hydrogens (tertiary/aromatic N) is 1. The van der Waals surface area contributed by atoms with Crippen LogP contribution in [0, 0.1) is 6.92 Å². The van der Waals surface area contributed by atoms with Gasteiger partial charge in [-0.2, -0.15) is 0 Å². The number of fused-ring (bicyclic) bond motifs is 1. The van der Waals surface area contributed by atoms with Crippen molar-refractivity contribution < 1.29 is 4.79 Å². The number of halogens is 1. The number of rotatable bonds is 2. The third kappa shape index (κ3) is 2.53. The molecule has 0 atom stereocenters. The van der Waals surface area contributed by atoms with Crippen LogP contribution in [0.3, 0.4) is 0 Å². The highest BCUT2D eigenvalue weighted by Crippen LogP contribution is 2.23. The molecular formula is C14H12ClNO. The first kappa shape index (κ1) is 11.8. The van der Waals surface area contributed by atoms with Gasteiger partial charge in [-0.3, -0.25) is 4.79 Å². The molecule has 86 valence electrons. The molecule has 2 rings (SSSR count). The van der Waals surface area contributed by atoms with E-state index >= 15 is 0 Å². The minimum atomic E-state index is -0.00888. The summed E-state index contributed by atoms with van der Waals surface area (Å²) >= 11 is 6.08. The summed E-state index contributed by atoms with van der Waals surface area (Å²) < 4.78 is 0. The van der Waals surface area contributed by atoms with Crippen LogP contribution in [0.15, 0.2) is 30.3 Å². The number of carbonyl (C=O) groups is 1. The highest BCUT2D eigenvalue weighted by Gasteiger charge is 2.04. The molecule has 0 N–H and O–H groups in total. The van der Waals surface area contributed by atoms with Gasteiger partial charge >= 0.3 is 0 Å². The summed E-state index contributed by atoms with van der Waals surface area (Å²) in [6, 6.07) is 7.90. The Bertz CT molecular complexity index is 617. The average molecular weight is 246 g/mol. The minimum absolute atomic E-state index is 0.00888. The number of hydrogen-bond acceptors (Lipinski definition) is 2. The van der Waals surface area contributed by atoms with Crippen LogP contribution < -0.4 is 0 Å². The van der Waals surface area contributed by atoms with Crippen molar-refractivity contribution in [3.05, 3.63) is 46.6 Å². The number of benzene rings is 1. The maximum atomic E-state index is 10.9. The Morgan fingerprint density at radius 1 is 1.41 bits per heavy atom. The quantitative estimate of drug-likeness (QED) is 0.595. The van der Waals surface area contributed by atoms with Crippen LogP contribution in [0.5, 0.6) is 0 Å². The Labute approximate surface area is 105 Å². The highest BCUT2D eigenvalue weighted by atomic mass is 35.5. The summed E-state index contributed by atoms with van der Waals surface area (Å²) in [5, 5.41) is 1.45. The van der Waals surface area contributed by atoms with Gasteiger partial charge in [-0.1, -0.05) is 29.8 Å². The van der Waals surface area contributed by atoms with Gasteiger partial charge in [-0.25, -0.2) is 4.98 Å². The smallest absolute Gasteiger partial charge is 0.152 e. The largest absolute Gasteiger partial charge is 0.295 e. The molecule has 0 radical (unpaired) electrons. The van der Waals surface area contributed by atoms with Gasteiger partial charge in [0.2, 0.25) is 0 Å². The van der Waals surface area contributed by atoms with Crippen LogP contribution in [-0.2, 0) is 4.79 Å². The monoisotopic (exact) mass is 245 g/mol. The molecule has 0 amide bonds. The summed E-state index contributed by atoms with van der Waals surface area (Å²) in [7, 11) is 0. The maximum absolute atomic E-state index is 10.9. The molecule has 1 heterocycles. The highest BCUT2D eigenvalue weighted by molar-refractivity contribution is 6.31. The number of aromatic nitrogens is 1. The zero-order valence-corrected chi connectivity index (χ0v) is 10.5. The van der Waals surface area contributed by atoms with Gasteiger partial charge in [0.25, 0.3) is 0 Å². The average Bonchev–Trinajstić information content (AvgIpc) is 2.28. The second kappa shape index (κ2) is 4.68. The Morgan fingerprint density at radius 2 is 2.18 bits per heavy atom. The molecule has 17 heavy (non-hydrogen) atoms. The van der Waals surface area contributed by atoms with E-state index in [9.17, 15) is 4.79 Å². The van der Waals surface area contributed by atoms with Crippen molar-refractivity contribution in [3.8, 4) is 0 Å². The van der Waals surface area contributed by atoms with Crippen molar-refractivity contribution >= 4 is 34.4 Å². The van der Waals surface area contributed by atoms with Crippen molar-refractivity contribution in [2.24, 2.45) is 0 Å². The van der Waals surface area contributed by atoms with E-state index in [2.05, 4.69) is 4.98 Å². The normalized spacial score (nSPS) is 11.2. The number of allylic oxidation sites excluding steroid dienone is 1. The van der Waals surface area contributed by atoms with E-state index in [1.165, 1.54) is 13.0 Å². The van der Waals surface area contributed by atoms with Gasteiger partial charge in [-0.15, -0.1) is 0 Å². The first-order chi connectivity index (χ1) is 8.08. The predicted octanol–water partition coefficient (Wildman–Crippen LogP) is 3.80. The predicted molar refractivity (Wildman–Crippen MR) is 71.2 cm³/mol. The van der Waals surface area contributed by atoms with Crippen molar-refractivity contribution in [1.82, 2.24) is 4.98 Å². The van der Waals surface area contributed by atoms with Gasteiger partial charge in [0.1, 0.15) is 5.15 Å². The molecule has 2 aromatic rings. The van der Waals surface area contributed by atoms with Crippen LogP contribution in [0.25, 0.3) is 17.0 Å². The van der Waals surface area contributed by atoms with Gasteiger partial charge in [-0.05, 0) is 37.6 Å². The lowest BCUT2D eigenvalue weighted by Crippen LogP contribution is -1.88. The fourth-order valence-corrected chi connectivity index (χ4v) is 1.87. The fourth-order valence-electron chi connectivity index (χ4n) is 1.66. The molecule has 1 aromatic heterocycles. The Balaban J connectivity index is 2.60. The lowest BCUT2D eigenvalue weighted by molar-refractivity contribution is -0.112. The molecule has 3 heteroatoms. The van der Waals surface area contributed by atoms with Crippen molar-refractivity contribution in [3.63, 3.8) is 0 Å². The van der Waals surface area contributed by atoms with Crippen LogP contribution in [-0.4, -0.2) is 10.8 Å². The topological polar surface area (TPSA) is 30.0 Å². The van der Waals surface area contributed by atoms with Crippen LogP contribution in [0.1, 0.15) is 18.1 Å². The molecule has 1 aromatic carbocycles. The molecule has 0 bridgehead atoms. The van der Waals surface area contributed by atoms with Crippen LogP contribution >= 0.6 is 11.6 Å². The Kier molecular flexibility index (Phi) is 3.25. The summed E-state index contributed by atoms with van der Waals surface area (Å²) in [5.41, 5.74) is 2.75. The van der Waals surface area contributed by atoms with E-state index < -0.39 is 0 Å². The minimum Gasteiger partial charge on any atom is -0.295 e. The van der Waals surface area contributed by atoms with Crippen molar-refractivity contribution in [1.29, 1.82) is 0 Å². The van der Waals surface area contributed by atoms with Gasteiger partial charge in [0.15, 0.2) is 5.78 Å². The van der Waals surface area contributed by atoms with Gasteiger partial charge in [0, 0.05) is 10.9 Å². The number of para-hydroxylation sites is 1. The Hall–Kier alpha value is -1.67. The van der Waals surface area contributed by atoms with E-state index in [4.69, 9.17) is 11.6 Å². The van der Waals surface area contributed by atoms with E-state index in [1.807, 2.05) is 31.2 Å². The molecule has 0 spiro atoms. The lowest BCUT2D eigenvalue weighted by Gasteiger charge is -2.04. The summed E-state index contributed by atoms with van der Waals surface area (Å²) in [6.07, 6.45) is 3.18. The molecule has 0 aliphatic heterocycles. The number of hydrogen-bond donors (Lipinski definition) is 0. The van der Waals surface area contributed by atoms with Crippen molar-refractivity contribution in [2.45, 2.75) is 13.8 Å². The molecule has 0 saturated heterocycles. The third-order valence-electron chi connectivity index (χ3n) is 2.53. The summed E-state index contributed by atoms with van der Waals surface area (Å²) in [5.74, 6) is -0.00888. The molecule has 0 fully saturated rings. The number of pyridine rings is 1. The third-order valence-corrected chi connectivity index (χ3v) is 2.83. The molecule has 0 saturated carbocycles. The van der Waals surface area contributed by atoms with E-state index in [-0.39, 0.29) is 5.78 Å². The maximum Gasteiger partial charge on any atom is 0.152 e. The molecule has 0 unspecified atom stereocenters. The summed E-state index contributed by atoms with van der Waals surface area (Å²) in [4.78, 5) is 15.3. The second-order valence-corrected chi connectivity index (χ2v) is 4.32. The van der Waals surface area contributed by atoms with Crippen molar-refractivity contribution in [2.75, 3.05) is 0 Å².